The largest absolute Gasteiger partial charge is 0.493 e. The molecule has 1 saturated heterocycles. The van der Waals surface area contributed by atoms with Crippen LogP contribution in [0.25, 0.3) is 32.7 Å². The SMILES string of the molecule is CCn1cc(-c2nc(-c3ccc(OC)c(OC)c3)cs2)c(=O)c2cc(F)c(N3CCCCCC3)cc21. The second-order valence-corrected chi connectivity index (χ2v) is 9.85. The Kier molecular flexibility index (Phi) is 6.96. The summed E-state index contributed by atoms with van der Waals surface area (Å²) in [6, 6.07) is 8.86. The highest BCUT2D eigenvalue weighted by molar-refractivity contribution is 7.13. The van der Waals surface area contributed by atoms with Crippen molar-refractivity contribution in [2.45, 2.75) is 39.2 Å². The van der Waals surface area contributed by atoms with Gasteiger partial charge in [0.2, 0.25) is 0 Å². The van der Waals surface area contributed by atoms with E-state index in [0.29, 0.717) is 39.7 Å². The summed E-state index contributed by atoms with van der Waals surface area (Å²) in [6.07, 6.45) is 6.32. The number of anilines is 1. The van der Waals surface area contributed by atoms with Crippen LogP contribution < -0.4 is 19.8 Å². The first-order valence-corrected chi connectivity index (χ1v) is 13.2. The number of methoxy groups -OCH3 is 2. The highest BCUT2D eigenvalue weighted by atomic mass is 32.1. The summed E-state index contributed by atoms with van der Waals surface area (Å²) in [4.78, 5) is 20.4. The molecule has 188 valence electrons. The fourth-order valence-electron chi connectivity index (χ4n) is 4.89. The molecule has 1 aliphatic heterocycles. The molecule has 0 bridgehead atoms. The molecule has 1 aliphatic rings. The number of benzene rings is 2. The summed E-state index contributed by atoms with van der Waals surface area (Å²) in [5, 5.41) is 2.90. The molecule has 5 rings (SSSR count). The Labute approximate surface area is 213 Å². The van der Waals surface area contributed by atoms with E-state index >= 15 is 4.39 Å². The lowest BCUT2D eigenvalue weighted by Crippen LogP contribution is -2.25. The van der Waals surface area contributed by atoms with E-state index in [1.165, 1.54) is 30.2 Å². The molecule has 0 amide bonds. The van der Waals surface area contributed by atoms with Crippen molar-refractivity contribution in [3.63, 3.8) is 0 Å². The van der Waals surface area contributed by atoms with Gasteiger partial charge < -0.3 is 18.9 Å². The Bertz CT molecular complexity index is 1450. The monoisotopic (exact) mass is 507 g/mol. The molecule has 0 saturated carbocycles. The molecule has 0 spiro atoms. The van der Waals surface area contributed by atoms with E-state index in [9.17, 15) is 4.79 Å². The van der Waals surface area contributed by atoms with Crippen LogP contribution in [0.15, 0.2) is 46.7 Å². The van der Waals surface area contributed by atoms with E-state index in [2.05, 4.69) is 4.90 Å². The quantitative estimate of drug-likeness (QED) is 0.304. The fraction of sp³-hybridized carbons (Fsp3) is 0.357. The Hall–Kier alpha value is -3.39. The summed E-state index contributed by atoms with van der Waals surface area (Å²) in [5.74, 6) is 0.907. The van der Waals surface area contributed by atoms with E-state index in [-0.39, 0.29) is 11.2 Å². The number of pyridine rings is 1. The molecule has 2 aromatic heterocycles. The average molecular weight is 508 g/mol. The molecule has 3 heterocycles. The van der Waals surface area contributed by atoms with Crippen molar-refractivity contribution in [2.75, 3.05) is 32.2 Å². The minimum Gasteiger partial charge on any atom is -0.493 e. The van der Waals surface area contributed by atoms with Crippen LogP contribution in [0.2, 0.25) is 0 Å². The number of hydrogen-bond acceptors (Lipinski definition) is 6. The molecule has 0 N–H and O–H groups in total. The first-order chi connectivity index (χ1) is 17.5. The van der Waals surface area contributed by atoms with Crippen molar-refractivity contribution in [3.8, 4) is 33.3 Å². The molecule has 0 aliphatic carbocycles. The number of aryl methyl sites for hydroxylation is 1. The van der Waals surface area contributed by atoms with Gasteiger partial charge in [0.1, 0.15) is 10.8 Å². The summed E-state index contributed by atoms with van der Waals surface area (Å²) in [5.41, 5.74) is 3.21. The van der Waals surface area contributed by atoms with Gasteiger partial charge in [0.05, 0.1) is 36.7 Å². The van der Waals surface area contributed by atoms with E-state index in [1.54, 1.807) is 14.2 Å². The van der Waals surface area contributed by atoms with Crippen LogP contribution in [-0.4, -0.2) is 36.9 Å². The van der Waals surface area contributed by atoms with Crippen molar-refractivity contribution < 1.29 is 13.9 Å². The summed E-state index contributed by atoms with van der Waals surface area (Å²) < 4.78 is 28.1. The van der Waals surface area contributed by atoms with Gasteiger partial charge in [0.15, 0.2) is 16.9 Å². The van der Waals surface area contributed by atoms with Gasteiger partial charge in [-0.3, -0.25) is 4.79 Å². The van der Waals surface area contributed by atoms with Gasteiger partial charge in [0.25, 0.3) is 0 Å². The minimum absolute atomic E-state index is 0.204. The predicted octanol–water partition coefficient (Wildman–Crippen LogP) is 6.35. The highest BCUT2D eigenvalue weighted by Gasteiger charge is 2.20. The lowest BCUT2D eigenvalue weighted by Gasteiger charge is -2.24. The lowest BCUT2D eigenvalue weighted by molar-refractivity contribution is 0.355. The number of ether oxygens (including phenoxy) is 2. The fourth-order valence-corrected chi connectivity index (χ4v) is 5.73. The van der Waals surface area contributed by atoms with Crippen LogP contribution in [0.4, 0.5) is 10.1 Å². The van der Waals surface area contributed by atoms with Gasteiger partial charge in [-0.15, -0.1) is 11.3 Å². The van der Waals surface area contributed by atoms with Gasteiger partial charge in [-0.2, -0.15) is 0 Å². The first kappa shape index (κ1) is 24.3. The molecule has 8 heteroatoms. The second kappa shape index (κ2) is 10.3. The molecule has 6 nitrogen and oxygen atoms in total. The van der Waals surface area contributed by atoms with Crippen LogP contribution in [0.5, 0.6) is 11.5 Å². The summed E-state index contributed by atoms with van der Waals surface area (Å²) in [6.45, 7) is 4.37. The average Bonchev–Trinajstić information content (AvgIpc) is 3.23. The minimum atomic E-state index is -0.341. The zero-order valence-electron chi connectivity index (χ0n) is 20.8. The third kappa shape index (κ3) is 4.46. The smallest absolute Gasteiger partial charge is 0.199 e. The second-order valence-electron chi connectivity index (χ2n) is 8.99. The Balaban J connectivity index is 1.57. The van der Waals surface area contributed by atoms with Crippen molar-refractivity contribution in [1.29, 1.82) is 0 Å². The van der Waals surface area contributed by atoms with Gasteiger partial charge >= 0.3 is 0 Å². The van der Waals surface area contributed by atoms with Gasteiger partial charge in [-0.05, 0) is 50.1 Å². The maximum Gasteiger partial charge on any atom is 0.199 e. The molecule has 4 aromatic rings. The first-order valence-electron chi connectivity index (χ1n) is 12.3. The number of fused-ring (bicyclic) bond motifs is 1. The van der Waals surface area contributed by atoms with Crippen molar-refractivity contribution >= 4 is 27.9 Å². The van der Waals surface area contributed by atoms with Crippen molar-refractivity contribution in [3.05, 3.63) is 57.9 Å². The topological polar surface area (TPSA) is 56.6 Å². The Morgan fingerprint density at radius 1 is 1.03 bits per heavy atom. The lowest BCUT2D eigenvalue weighted by atomic mass is 10.1. The van der Waals surface area contributed by atoms with Crippen LogP contribution >= 0.6 is 11.3 Å². The maximum absolute atomic E-state index is 15.3. The molecular formula is C28H30FN3O3S. The van der Waals surface area contributed by atoms with Crippen molar-refractivity contribution in [2.24, 2.45) is 0 Å². The van der Waals surface area contributed by atoms with Crippen molar-refractivity contribution in [1.82, 2.24) is 9.55 Å². The van der Waals surface area contributed by atoms with Crippen LogP contribution in [-0.2, 0) is 6.54 Å². The number of halogens is 1. The number of rotatable bonds is 6. The van der Waals surface area contributed by atoms with E-state index < -0.39 is 0 Å². The van der Waals surface area contributed by atoms with Gasteiger partial charge in [-0.25, -0.2) is 9.37 Å². The van der Waals surface area contributed by atoms with E-state index in [0.717, 1.165) is 42.7 Å². The zero-order valence-corrected chi connectivity index (χ0v) is 21.7. The molecule has 0 unspecified atom stereocenters. The third-order valence-corrected chi connectivity index (χ3v) is 7.73. The van der Waals surface area contributed by atoms with Crippen LogP contribution in [0, 0.1) is 5.82 Å². The van der Waals surface area contributed by atoms with E-state index in [4.69, 9.17) is 14.5 Å². The molecular weight excluding hydrogens is 477 g/mol. The molecule has 2 aromatic carbocycles. The molecule has 36 heavy (non-hydrogen) atoms. The Morgan fingerprint density at radius 2 is 1.78 bits per heavy atom. The van der Waals surface area contributed by atoms with Crippen LogP contribution in [0.3, 0.4) is 0 Å². The highest BCUT2D eigenvalue weighted by Crippen LogP contribution is 2.35. The number of nitrogens with zero attached hydrogens (tertiary/aromatic N) is 3. The number of aromatic nitrogens is 2. The number of thiazole rings is 1. The predicted molar refractivity (Wildman–Crippen MR) is 144 cm³/mol. The van der Waals surface area contributed by atoms with Gasteiger partial charge in [-0.1, -0.05) is 12.8 Å². The molecule has 0 atom stereocenters. The molecule has 1 fully saturated rings. The molecule has 0 radical (unpaired) electrons. The van der Waals surface area contributed by atoms with E-state index in [1.807, 2.05) is 47.3 Å². The number of hydrogen-bond donors (Lipinski definition) is 0. The van der Waals surface area contributed by atoms with Crippen LogP contribution in [0.1, 0.15) is 32.6 Å². The summed E-state index contributed by atoms with van der Waals surface area (Å²) >= 11 is 1.40. The normalized spacial score (nSPS) is 14.2. The third-order valence-electron chi connectivity index (χ3n) is 6.85. The zero-order chi connectivity index (χ0) is 25.2. The summed E-state index contributed by atoms with van der Waals surface area (Å²) in [7, 11) is 3.18. The standard InChI is InChI=1S/C28H30FN3O3S/c1-4-31-16-20(28-30-22(17-36-28)18-9-10-25(34-2)26(13-18)35-3)27(33)19-14-21(29)24(15-23(19)31)32-11-7-5-6-8-12-32/h9-10,13-17H,4-8,11-12H2,1-3H3. The van der Waals surface area contributed by atoms with Gasteiger partial charge in [0, 0.05) is 42.2 Å². The Morgan fingerprint density at radius 3 is 2.47 bits per heavy atom. The maximum atomic E-state index is 15.3.